The normalized spacial score (nSPS) is 36.1. The number of ether oxygens (including phenoxy) is 1. The van der Waals surface area contributed by atoms with Gasteiger partial charge in [-0.2, -0.15) is 0 Å². The number of nitrogens with one attached hydrogen (secondary N) is 1. The number of amides is 1. The third kappa shape index (κ3) is 0.544. The molecule has 1 unspecified atom stereocenters. The van der Waals surface area contributed by atoms with Crippen molar-refractivity contribution in [2.24, 2.45) is 0 Å². The van der Waals surface area contributed by atoms with Crippen molar-refractivity contribution in [2.75, 3.05) is 0 Å². The molecule has 1 atom stereocenters. The molecule has 9 heavy (non-hydrogen) atoms. The van der Waals surface area contributed by atoms with Crippen LogP contribution in [0.2, 0.25) is 0 Å². The highest BCUT2D eigenvalue weighted by atomic mass is 16.6. The van der Waals surface area contributed by atoms with Gasteiger partial charge in [0.25, 0.3) is 0 Å². The SMILES string of the molecule is [CH2]C1OC(=O)NC12CC2. The van der Waals surface area contributed by atoms with Crippen molar-refractivity contribution in [1.82, 2.24) is 5.32 Å². The van der Waals surface area contributed by atoms with Crippen molar-refractivity contribution in [3.63, 3.8) is 0 Å². The first-order valence-corrected chi connectivity index (χ1v) is 3.05. The molecule has 3 nitrogen and oxygen atoms in total. The number of alkyl carbamates (subject to hydrolysis) is 1. The summed E-state index contributed by atoms with van der Waals surface area (Å²) in [5.74, 6) is 0. The molecule has 49 valence electrons. The maximum Gasteiger partial charge on any atom is 0.408 e. The summed E-state index contributed by atoms with van der Waals surface area (Å²) in [5.41, 5.74) is -0.0584. The van der Waals surface area contributed by atoms with Crippen molar-refractivity contribution in [2.45, 2.75) is 24.5 Å². The number of cyclic esters (lactones) is 1. The van der Waals surface area contributed by atoms with Crippen molar-refractivity contribution >= 4 is 6.09 Å². The van der Waals surface area contributed by atoms with Gasteiger partial charge >= 0.3 is 6.09 Å². The Balaban J connectivity index is 2.19. The molecule has 1 aliphatic heterocycles. The number of carbonyl (C=O) groups excluding carboxylic acids is 1. The lowest BCUT2D eigenvalue weighted by Crippen LogP contribution is -2.32. The first-order chi connectivity index (χ1) is 4.23. The molecule has 1 radical (unpaired) electrons. The molecule has 1 N–H and O–H groups in total. The Bertz CT molecular complexity index is 162. The molecule has 0 aromatic carbocycles. The van der Waals surface area contributed by atoms with Crippen LogP contribution in [0.15, 0.2) is 0 Å². The summed E-state index contributed by atoms with van der Waals surface area (Å²) >= 11 is 0. The van der Waals surface area contributed by atoms with Crippen LogP contribution in [0.4, 0.5) is 4.79 Å². The maximum absolute atomic E-state index is 10.5. The van der Waals surface area contributed by atoms with Gasteiger partial charge in [0.1, 0.15) is 6.10 Å². The van der Waals surface area contributed by atoms with Gasteiger partial charge in [-0.25, -0.2) is 4.79 Å². The van der Waals surface area contributed by atoms with Crippen LogP contribution in [0, 0.1) is 6.92 Å². The summed E-state index contributed by atoms with van der Waals surface area (Å²) in [6, 6.07) is 0. The largest absolute Gasteiger partial charge is 0.444 e. The number of hydrogen-bond acceptors (Lipinski definition) is 2. The fourth-order valence-electron chi connectivity index (χ4n) is 1.14. The Morgan fingerprint density at radius 2 is 2.44 bits per heavy atom. The minimum Gasteiger partial charge on any atom is -0.444 e. The average Bonchev–Trinajstić information content (AvgIpc) is 2.42. The quantitative estimate of drug-likeness (QED) is 0.512. The smallest absolute Gasteiger partial charge is 0.408 e. The predicted octanol–water partition coefficient (Wildman–Crippen LogP) is 0.461. The molecular formula is C6H8NO2. The van der Waals surface area contributed by atoms with E-state index < -0.39 is 0 Å². The summed E-state index contributed by atoms with van der Waals surface area (Å²) in [6.07, 6.45) is 1.57. The van der Waals surface area contributed by atoms with Gasteiger partial charge in [0.2, 0.25) is 0 Å². The third-order valence-corrected chi connectivity index (χ3v) is 2.01. The zero-order valence-electron chi connectivity index (χ0n) is 5.02. The molecule has 2 rings (SSSR count). The first-order valence-electron chi connectivity index (χ1n) is 3.05. The van der Waals surface area contributed by atoms with Crippen LogP contribution in [-0.4, -0.2) is 17.7 Å². The molecule has 2 aliphatic rings. The topological polar surface area (TPSA) is 38.3 Å². The van der Waals surface area contributed by atoms with Crippen LogP contribution in [-0.2, 0) is 4.74 Å². The second kappa shape index (κ2) is 1.23. The van der Waals surface area contributed by atoms with Crippen LogP contribution in [0.5, 0.6) is 0 Å². The molecule has 1 spiro atoms. The lowest BCUT2D eigenvalue weighted by molar-refractivity contribution is 0.150. The van der Waals surface area contributed by atoms with E-state index in [0.29, 0.717) is 0 Å². The Morgan fingerprint density at radius 1 is 1.78 bits per heavy atom. The van der Waals surface area contributed by atoms with E-state index in [1.54, 1.807) is 0 Å². The average molecular weight is 126 g/mol. The summed E-state index contributed by atoms with van der Waals surface area (Å²) in [5, 5.41) is 2.73. The molecule has 1 saturated heterocycles. The Morgan fingerprint density at radius 3 is 2.67 bits per heavy atom. The zero-order valence-corrected chi connectivity index (χ0v) is 5.02. The molecule has 1 saturated carbocycles. The summed E-state index contributed by atoms with van der Waals surface area (Å²) in [7, 11) is 0. The van der Waals surface area contributed by atoms with E-state index in [-0.39, 0.29) is 17.7 Å². The van der Waals surface area contributed by atoms with E-state index >= 15 is 0 Å². The molecule has 1 amide bonds. The van der Waals surface area contributed by atoms with Gasteiger partial charge in [-0.15, -0.1) is 0 Å². The molecule has 3 heteroatoms. The molecule has 1 aliphatic carbocycles. The molecule has 0 bridgehead atoms. The summed E-state index contributed by atoms with van der Waals surface area (Å²) < 4.78 is 4.78. The third-order valence-electron chi connectivity index (χ3n) is 2.01. The van der Waals surface area contributed by atoms with Gasteiger partial charge in [-0.3, -0.25) is 0 Å². The fraction of sp³-hybridized carbons (Fsp3) is 0.667. The van der Waals surface area contributed by atoms with E-state index in [9.17, 15) is 4.79 Å². The monoisotopic (exact) mass is 126 g/mol. The van der Waals surface area contributed by atoms with Gasteiger partial charge in [-0.05, 0) is 19.8 Å². The summed E-state index contributed by atoms with van der Waals surface area (Å²) in [4.78, 5) is 10.5. The molecule has 2 fully saturated rings. The van der Waals surface area contributed by atoms with E-state index in [4.69, 9.17) is 4.74 Å². The van der Waals surface area contributed by atoms with Crippen molar-refractivity contribution in [3.8, 4) is 0 Å². The lowest BCUT2D eigenvalue weighted by atomic mass is 10.2. The van der Waals surface area contributed by atoms with Crippen LogP contribution in [0.3, 0.4) is 0 Å². The number of hydrogen-bond donors (Lipinski definition) is 1. The minimum absolute atomic E-state index is 0.0584. The van der Waals surface area contributed by atoms with Crippen molar-refractivity contribution in [3.05, 3.63) is 6.92 Å². The maximum atomic E-state index is 10.5. The highest BCUT2D eigenvalue weighted by molar-refractivity contribution is 5.72. The van der Waals surface area contributed by atoms with Crippen LogP contribution < -0.4 is 5.32 Å². The first kappa shape index (κ1) is 5.09. The summed E-state index contributed by atoms with van der Waals surface area (Å²) in [6.45, 7) is 3.70. The minimum atomic E-state index is -0.312. The van der Waals surface area contributed by atoms with Crippen LogP contribution >= 0.6 is 0 Å². The Kier molecular flexibility index (Phi) is 0.693. The second-order valence-corrected chi connectivity index (χ2v) is 2.68. The Labute approximate surface area is 53.4 Å². The highest BCUT2D eigenvalue weighted by Gasteiger charge is 2.55. The van der Waals surface area contributed by atoms with Gasteiger partial charge in [0, 0.05) is 0 Å². The highest BCUT2D eigenvalue weighted by Crippen LogP contribution is 2.42. The second-order valence-electron chi connectivity index (χ2n) is 2.68. The lowest BCUT2D eigenvalue weighted by Gasteiger charge is -2.06. The molecule has 0 aromatic rings. The van der Waals surface area contributed by atoms with E-state index in [0.717, 1.165) is 12.8 Å². The molecular weight excluding hydrogens is 118 g/mol. The van der Waals surface area contributed by atoms with E-state index in [2.05, 4.69) is 12.2 Å². The standard InChI is InChI=1S/C6H8NO2/c1-4-6(2-3-6)7-5(8)9-4/h4H,1-3H2,(H,7,8). The van der Waals surface area contributed by atoms with Crippen molar-refractivity contribution in [1.29, 1.82) is 0 Å². The number of rotatable bonds is 0. The van der Waals surface area contributed by atoms with Crippen molar-refractivity contribution < 1.29 is 9.53 Å². The van der Waals surface area contributed by atoms with E-state index in [1.165, 1.54) is 0 Å². The van der Waals surface area contributed by atoms with Gasteiger partial charge < -0.3 is 10.1 Å². The number of carbonyl (C=O) groups is 1. The van der Waals surface area contributed by atoms with Gasteiger partial charge in [0.15, 0.2) is 0 Å². The zero-order chi connectivity index (χ0) is 6.48. The Hall–Kier alpha value is -0.730. The van der Waals surface area contributed by atoms with Gasteiger partial charge in [-0.1, -0.05) is 0 Å². The van der Waals surface area contributed by atoms with Crippen LogP contribution in [0.1, 0.15) is 12.8 Å². The molecule has 1 heterocycles. The predicted molar refractivity (Wildman–Crippen MR) is 30.7 cm³/mol. The fourth-order valence-corrected chi connectivity index (χ4v) is 1.14. The van der Waals surface area contributed by atoms with E-state index in [1.807, 2.05) is 0 Å². The molecule has 0 aromatic heterocycles. The van der Waals surface area contributed by atoms with Crippen LogP contribution in [0.25, 0.3) is 0 Å². The van der Waals surface area contributed by atoms with Gasteiger partial charge in [0.05, 0.1) is 5.54 Å².